The number of ether oxygens (including phenoxy) is 2. The van der Waals surface area contributed by atoms with Crippen LogP contribution in [0.5, 0.6) is 11.5 Å². The van der Waals surface area contributed by atoms with Gasteiger partial charge in [0.05, 0.1) is 36.7 Å². The lowest BCUT2D eigenvalue weighted by molar-refractivity contribution is -0.385. The Morgan fingerprint density at radius 1 is 0.941 bits per heavy atom. The van der Waals surface area contributed by atoms with E-state index in [1.807, 2.05) is 13.0 Å². The maximum Gasteiger partial charge on any atom is 0.270 e. The minimum atomic E-state index is -4.18. The molecule has 0 saturated heterocycles. The molecule has 0 saturated carbocycles. The van der Waals surface area contributed by atoms with Gasteiger partial charge in [-0.15, -0.1) is 0 Å². The van der Waals surface area contributed by atoms with Crippen molar-refractivity contribution in [3.8, 4) is 11.5 Å². The molecule has 0 amide bonds. The number of hydrogen-bond acceptors (Lipinski definition) is 8. The number of benzene rings is 3. The summed E-state index contributed by atoms with van der Waals surface area (Å²) in [5.41, 5.74) is 5.09. The average molecular weight is 485 g/mol. The number of nitrogens with one attached hydrogen (secondary N) is 2. The molecule has 11 heteroatoms. The zero-order valence-electron chi connectivity index (χ0n) is 19.0. The summed E-state index contributed by atoms with van der Waals surface area (Å²) in [6, 6.07) is 13.9. The standard InChI is InChI=1S/C23H24N4O6S/c1-15-5-8-19(16(2)11-15)26-34(30,31)23-13-18(27(28)29)7-9-20(23)25-24-14-17-6-10-21(32-3)22(12-17)33-4/h5-14,25-26H,1-4H3. The number of sulfonamides is 1. The first kappa shape index (κ1) is 24.5. The van der Waals surface area contributed by atoms with Crippen molar-refractivity contribution in [1.29, 1.82) is 0 Å². The number of anilines is 2. The van der Waals surface area contributed by atoms with E-state index in [9.17, 15) is 18.5 Å². The summed E-state index contributed by atoms with van der Waals surface area (Å²) in [6.45, 7) is 3.66. The Labute approximate surface area is 197 Å². The molecule has 0 heterocycles. The zero-order valence-corrected chi connectivity index (χ0v) is 19.8. The van der Waals surface area contributed by atoms with E-state index in [1.165, 1.54) is 32.6 Å². The Morgan fingerprint density at radius 2 is 1.65 bits per heavy atom. The van der Waals surface area contributed by atoms with Crippen molar-refractivity contribution in [2.24, 2.45) is 5.10 Å². The van der Waals surface area contributed by atoms with Crippen molar-refractivity contribution >= 4 is 33.3 Å². The molecule has 0 aliphatic rings. The van der Waals surface area contributed by atoms with Gasteiger partial charge in [-0.3, -0.25) is 20.3 Å². The van der Waals surface area contributed by atoms with Crippen LogP contribution in [-0.4, -0.2) is 33.8 Å². The van der Waals surface area contributed by atoms with Crippen LogP contribution < -0.4 is 19.6 Å². The summed E-state index contributed by atoms with van der Waals surface area (Å²) in [5, 5.41) is 15.4. The highest BCUT2D eigenvalue weighted by atomic mass is 32.2. The van der Waals surface area contributed by atoms with Crippen LogP contribution in [0.15, 0.2) is 64.6 Å². The van der Waals surface area contributed by atoms with Gasteiger partial charge in [0.15, 0.2) is 11.5 Å². The van der Waals surface area contributed by atoms with Gasteiger partial charge in [-0.25, -0.2) is 8.42 Å². The van der Waals surface area contributed by atoms with Gasteiger partial charge in [-0.1, -0.05) is 17.7 Å². The lowest BCUT2D eigenvalue weighted by atomic mass is 10.1. The topological polar surface area (TPSA) is 132 Å². The van der Waals surface area contributed by atoms with Crippen LogP contribution in [0.3, 0.4) is 0 Å². The number of nitro benzene ring substituents is 1. The molecule has 0 unspecified atom stereocenters. The molecule has 0 bridgehead atoms. The Kier molecular flexibility index (Phi) is 7.37. The van der Waals surface area contributed by atoms with Gasteiger partial charge in [0.1, 0.15) is 4.90 Å². The van der Waals surface area contributed by atoms with E-state index in [-0.39, 0.29) is 16.3 Å². The number of hydrazone groups is 1. The predicted octanol–water partition coefficient (Wildman–Crippen LogP) is 4.48. The maximum atomic E-state index is 13.2. The van der Waals surface area contributed by atoms with Crippen molar-refractivity contribution in [3.05, 3.63) is 81.4 Å². The molecule has 0 aliphatic carbocycles. The van der Waals surface area contributed by atoms with Gasteiger partial charge < -0.3 is 9.47 Å². The van der Waals surface area contributed by atoms with Crippen LogP contribution in [-0.2, 0) is 10.0 Å². The molecule has 0 radical (unpaired) electrons. The van der Waals surface area contributed by atoms with Crippen LogP contribution in [0.2, 0.25) is 0 Å². The molecule has 0 atom stereocenters. The van der Waals surface area contributed by atoms with Gasteiger partial charge in [-0.05, 0) is 55.3 Å². The lowest BCUT2D eigenvalue weighted by Gasteiger charge is -2.14. The highest BCUT2D eigenvalue weighted by molar-refractivity contribution is 7.92. The largest absolute Gasteiger partial charge is 0.493 e. The number of methoxy groups -OCH3 is 2. The number of non-ortho nitro benzene ring substituents is 1. The maximum absolute atomic E-state index is 13.2. The molecular formula is C23H24N4O6S. The molecule has 2 N–H and O–H groups in total. The third kappa shape index (κ3) is 5.62. The second-order valence-corrected chi connectivity index (χ2v) is 9.00. The van der Waals surface area contributed by atoms with E-state index in [0.29, 0.717) is 22.7 Å². The number of aryl methyl sites for hydroxylation is 2. The first-order valence-corrected chi connectivity index (χ1v) is 11.5. The monoisotopic (exact) mass is 484 g/mol. The summed E-state index contributed by atoms with van der Waals surface area (Å²) in [6.07, 6.45) is 1.46. The van der Waals surface area contributed by atoms with Crippen molar-refractivity contribution in [3.63, 3.8) is 0 Å². The molecule has 3 rings (SSSR count). The molecule has 3 aromatic carbocycles. The molecule has 0 aliphatic heterocycles. The third-order valence-corrected chi connectivity index (χ3v) is 6.30. The lowest BCUT2D eigenvalue weighted by Crippen LogP contribution is -2.16. The van der Waals surface area contributed by atoms with E-state index >= 15 is 0 Å². The van der Waals surface area contributed by atoms with Gasteiger partial charge >= 0.3 is 0 Å². The third-order valence-electron chi connectivity index (χ3n) is 4.90. The fraction of sp³-hybridized carbons (Fsp3) is 0.174. The van der Waals surface area contributed by atoms with Gasteiger partial charge in [0, 0.05) is 12.1 Å². The van der Waals surface area contributed by atoms with Crippen LogP contribution in [0.4, 0.5) is 17.1 Å². The smallest absolute Gasteiger partial charge is 0.270 e. The number of nitrogens with zero attached hydrogens (tertiary/aromatic N) is 2. The predicted molar refractivity (Wildman–Crippen MR) is 131 cm³/mol. The van der Waals surface area contributed by atoms with Crippen LogP contribution >= 0.6 is 0 Å². The molecule has 34 heavy (non-hydrogen) atoms. The van der Waals surface area contributed by atoms with Crippen molar-refractivity contribution in [2.45, 2.75) is 18.7 Å². The van der Waals surface area contributed by atoms with E-state index in [0.717, 1.165) is 17.2 Å². The van der Waals surface area contributed by atoms with E-state index < -0.39 is 14.9 Å². The Balaban J connectivity index is 1.94. The van der Waals surface area contributed by atoms with E-state index in [4.69, 9.17) is 9.47 Å². The number of rotatable bonds is 9. The van der Waals surface area contributed by atoms with Crippen LogP contribution in [0, 0.1) is 24.0 Å². The van der Waals surface area contributed by atoms with E-state index in [2.05, 4.69) is 15.2 Å². The Morgan fingerprint density at radius 3 is 2.29 bits per heavy atom. The second-order valence-electron chi connectivity index (χ2n) is 7.35. The summed E-state index contributed by atoms with van der Waals surface area (Å²) < 4.78 is 39.3. The van der Waals surface area contributed by atoms with Crippen molar-refractivity contribution in [2.75, 3.05) is 24.4 Å². The number of nitro groups is 1. The minimum Gasteiger partial charge on any atom is -0.493 e. The van der Waals surface area contributed by atoms with Gasteiger partial charge in [0.25, 0.3) is 15.7 Å². The molecular weight excluding hydrogens is 460 g/mol. The molecule has 178 valence electrons. The number of hydrogen-bond donors (Lipinski definition) is 2. The summed E-state index contributed by atoms with van der Waals surface area (Å²) in [7, 11) is -1.15. The average Bonchev–Trinajstić information content (AvgIpc) is 2.80. The molecule has 10 nitrogen and oxygen atoms in total. The quantitative estimate of drug-likeness (QED) is 0.260. The van der Waals surface area contributed by atoms with Crippen molar-refractivity contribution in [1.82, 2.24) is 0 Å². The van der Waals surface area contributed by atoms with Crippen LogP contribution in [0.1, 0.15) is 16.7 Å². The molecule has 0 fully saturated rings. The fourth-order valence-corrected chi connectivity index (χ4v) is 4.48. The van der Waals surface area contributed by atoms with Crippen LogP contribution in [0.25, 0.3) is 0 Å². The zero-order chi connectivity index (χ0) is 24.9. The SMILES string of the molecule is COc1ccc(C=NNc2ccc([N+](=O)[O-])cc2S(=O)(=O)Nc2ccc(C)cc2C)cc1OC. The molecule has 0 spiro atoms. The highest BCUT2D eigenvalue weighted by Crippen LogP contribution is 2.30. The summed E-state index contributed by atoms with van der Waals surface area (Å²) in [4.78, 5) is 10.3. The van der Waals surface area contributed by atoms with Gasteiger partial charge in [-0.2, -0.15) is 5.10 Å². The summed E-state index contributed by atoms with van der Waals surface area (Å²) >= 11 is 0. The fourth-order valence-electron chi connectivity index (χ4n) is 3.18. The molecule has 0 aromatic heterocycles. The minimum absolute atomic E-state index is 0.0691. The first-order chi connectivity index (χ1) is 16.1. The highest BCUT2D eigenvalue weighted by Gasteiger charge is 2.23. The molecule has 3 aromatic rings. The van der Waals surface area contributed by atoms with E-state index in [1.54, 1.807) is 37.3 Å². The van der Waals surface area contributed by atoms with Gasteiger partial charge in [0.2, 0.25) is 0 Å². The second kappa shape index (κ2) is 10.2. The first-order valence-electron chi connectivity index (χ1n) is 10.0. The Hall–Kier alpha value is -4.12. The van der Waals surface area contributed by atoms with Crippen molar-refractivity contribution < 1.29 is 22.8 Å². The Bertz CT molecular complexity index is 1360. The summed E-state index contributed by atoms with van der Waals surface area (Å²) in [5.74, 6) is 1.05. The normalized spacial score (nSPS) is 11.3.